The van der Waals surface area contributed by atoms with Crippen molar-refractivity contribution in [2.45, 2.75) is 11.8 Å². The highest BCUT2D eigenvalue weighted by Crippen LogP contribution is 2.27. The first kappa shape index (κ1) is 16.0. The van der Waals surface area contributed by atoms with Crippen LogP contribution in [0.2, 0.25) is 5.02 Å². The molecule has 0 fully saturated rings. The number of ketones is 1. The number of carbonyl (C=O) groups excluding carboxylic acids is 1. The standard InChI is InChI=1S/C14H11BrClNO3S/c1-9(18)10-2-5-12(6-3-10)17-21(19,20)14-7-4-11(15)8-13(14)16/h2-8,17H,1H3. The summed E-state index contributed by atoms with van der Waals surface area (Å²) in [4.78, 5) is 11.2. The molecule has 0 aliphatic heterocycles. The van der Waals surface area contributed by atoms with Crippen molar-refractivity contribution in [1.29, 1.82) is 0 Å². The molecule has 0 heterocycles. The van der Waals surface area contributed by atoms with E-state index in [1.807, 2.05) is 0 Å². The van der Waals surface area contributed by atoms with E-state index in [9.17, 15) is 13.2 Å². The zero-order valence-electron chi connectivity index (χ0n) is 10.9. The topological polar surface area (TPSA) is 63.2 Å². The molecule has 0 spiro atoms. The van der Waals surface area contributed by atoms with Crippen LogP contribution in [0.3, 0.4) is 0 Å². The first-order valence-electron chi connectivity index (χ1n) is 5.88. The van der Waals surface area contributed by atoms with Crippen LogP contribution < -0.4 is 4.72 Å². The molecule has 7 heteroatoms. The van der Waals surface area contributed by atoms with Crippen LogP contribution in [0, 0.1) is 0 Å². The summed E-state index contributed by atoms with van der Waals surface area (Å²) in [5, 5.41) is 0.122. The summed E-state index contributed by atoms with van der Waals surface area (Å²) in [7, 11) is -3.78. The van der Waals surface area contributed by atoms with Crippen molar-refractivity contribution >= 4 is 49.0 Å². The lowest BCUT2D eigenvalue weighted by Gasteiger charge is -2.10. The lowest BCUT2D eigenvalue weighted by atomic mass is 10.1. The van der Waals surface area contributed by atoms with Crippen LogP contribution in [0.15, 0.2) is 51.8 Å². The number of halogens is 2. The van der Waals surface area contributed by atoms with Crippen molar-refractivity contribution in [2.75, 3.05) is 4.72 Å². The molecule has 2 aromatic rings. The molecule has 0 aliphatic carbocycles. The van der Waals surface area contributed by atoms with Gasteiger partial charge in [0, 0.05) is 15.7 Å². The third-order valence-corrected chi connectivity index (χ3v) is 5.08. The molecule has 0 saturated carbocycles. The summed E-state index contributed by atoms with van der Waals surface area (Å²) in [6.45, 7) is 1.45. The fourth-order valence-electron chi connectivity index (χ4n) is 1.68. The summed E-state index contributed by atoms with van der Waals surface area (Å²) in [6.07, 6.45) is 0. The minimum absolute atomic E-state index is 0.0111. The highest BCUT2D eigenvalue weighted by atomic mass is 79.9. The van der Waals surface area contributed by atoms with Gasteiger partial charge in [0.1, 0.15) is 4.90 Å². The van der Waals surface area contributed by atoms with Crippen LogP contribution >= 0.6 is 27.5 Å². The number of benzene rings is 2. The fraction of sp³-hybridized carbons (Fsp3) is 0.0714. The van der Waals surface area contributed by atoms with E-state index in [1.54, 1.807) is 18.2 Å². The Balaban J connectivity index is 2.30. The van der Waals surface area contributed by atoms with Gasteiger partial charge in [-0.1, -0.05) is 27.5 Å². The van der Waals surface area contributed by atoms with Gasteiger partial charge < -0.3 is 0 Å². The van der Waals surface area contributed by atoms with Crippen molar-refractivity contribution in [3.8, 4) is 0 Å². The number of nitrogens with one attached hydrogen (secondary N) is 1. The van der Waals surface area contributed by atoms with E-state index in [4.69, 9.17) is 11.6 Å². The largest absolute Gasteiger partial charge is 0.295 e. The lowest BCUT2D eigenvalue weighted by molar-refractivity contribution is 0.101. The van der Waals surface area contributed by atoms with Gasteiger partial charge in [-0.25, -0.2) is 8.42 Å². The van der Waals surface area contributed by atoms with E-state index in [-0.39, 0.29) is 15.7 Å². The van der Waals surface area contributed by atoms with Gasteiger partial charge in [0.25, 0.3) is 10.0 Å². The molecule has 0 amide bonds. The van der Waals surface area contributed by atoms with Crippen molar-refractivity contribution in [3.05, 3.63) is 57.5 Å². The Hall–Kier alpha value is -1.37. The minimum Gasteiger partial charge on any atom is -0.295 e. The van der Waals surface area contributed by atoms with Gasteiger partial charge in [-0.15, -0.1) is 0 Å². The van der Waals surface area contributed by atoms with Gasteiger partial charge >= 0.3 is 0 Å². The monoisotopic (exact) mass is 387 g/mol. The second kappa shape index (κ2) is 6.17. The zero-order valence-corrected chi connectivity index (χ0v) is 14.1. The van der Waals surface area contributed by atoms with Crippen LogP contribution in [0.25, 0.3) is 0 Å². The first-order chi connectivity index (χ1) is 9.79. The normalized spacial score (nSPS) is 11.2. The molecule has 2 aromatic carbocycles. The average molecular weight is 389 g/mol. The predicted octanol–water partition coefficient (Wildman–Crippen LogP) is 4.11. The Morgan fingerprint density at radius 3 is 2.29 bits per heavy atom. The Morgan fingerprint density at radius 1 is 1.14 bits per heavy atom. The van der Waals surface area contributed by atoms with E-state index in [0.717, 1.165) is 0 Å². The molecule has 1 N–H and O–H groups in total. The van der Waals surface area contributed by atoms with Crippen LogP contribution in [0.4, 0.5) is 5.69 Å². The summed E-state index contributed by atoms with van der Waals surface area (Å²) in [5.74, 6) is -0.0830. The van der Waals surface area contributed by atoms with Crippen molar-refractivity contribution in [1.82, 2.24) is 0 Å². The predicted molar refractivity (Wildman–Crippen MR) is 86.4 cm³/mol. The molecule has 110 valence electrons. The summed E-state index contributed by atoms with van der Waals surface area (Å²) in [6, 6.07) is 10.7. The number of carbonyl (C=O) groups is 1. The third-order valence-electron chi connectivity index (χ3n) is 2.73. The van der Waals surface area contributed by atoms with Crippen LogP contribution in [0.5, 0.6) is 0 Å². The van der Waals surface area contributed by atoms with Gasteiger partial charge in [0.05, 0.1) is 5.02 Å². The third kappa shape index (κ3) is 3.84. The summed E-state index contributed by atoms with van der Waals surface area (Å²) < 4.78 is 27.7. The van der Waals surface area contributed by atoms with Crippen LogP contribution in [0.1, 0.15) is 17.3 Å². The van der Waals surface area contributed by atoms with E-state index in [2.05, 4.69) is 20.7 Å². The minimum atomic E-state index is -3.78. The van der Waals surface area contributed by atoms with E-state index in [1.165, 1.54) is 31.2 Å². The molecule has 21 heavy (non-hydrogen) atoms. The highest BCUT2D eigenvalue weighted by molar-refractivity contribution is 9.10. The molecule has 0 aliphatic rings. The molecular weight excluding hydrogens is 378 g/mol. The highest BCUT2D eigenvalue weighted by Gasteiger charge is 2.18. The number of anilines is 1. The van der Waals surface area contributed by atoms with Gasteiger partial charge in [-0.2, -0.15) is 0 Å². The quantitative estimate of drug-likeness (QED) is 0.802. The van der Waals surface area contributed by atoms with Gasteiger partial charge in [-0.3, -0.25) is 9.52 Å². The lowest BCUT2D eigenvalue weighted by Crippen LogP contribution is -2.13. The SMILES string of the molecule is CC(=O)c1ccc(NS(=O)(=O)c2ccc(Br)cc2Cl)cc1. The summed E-state index contributed by atoms with van der Waals surface area (Å²) >= 11 is 9.17. The smallest absolute Gasteiger partial charge is 0.263 e. The number of Topliss-reactive ketones (excluding diaryl/α,β-unsaturated/α-hetero) is 1. The second-order valence-corrected chi connectivity index (χ2v) is 7.29. The number of rotatable bonds is 4. The molecule has 2 rings (SSSR count). The molecule has 0 saturated heterocycles. The first-order valence-corrected chi connectivity index (χ1v) is 8.54. The number of hydrogen-bond donors (Lipinski definition) is 1. The van der Waals surface area contributed by atoms with Crippen molar-refractivity contribution in [3.63, 3.8) is 0 Å². The second-order valence-electron chi connectivity index (χ2n) is 4.31. The molecule has 0 bridgehead atoms. The van der Waals surface area contributed by atoms with Crippen LogP contribution in [-0.4, -0.2) is 14.2 Å². The number of sulfonamides is 1. The molecule has 0 aromatic heterocycles. The molecule has 0 atom stereocenters. The molecule has 4 nitrogen and oxygen atoms in total. The van der Waals surface area contributed by atoms with Gasteiger partial charge in [0.2, 0.25) is 0 Å². The average Bonchev–Trinajstić information content (AvgIpc) is 2.38. The Bertz CT molecular complexity index is 788. The van der Waals surface area contributed by atoms with Crippen molar-refractivity contribution in [2.24, 2.45) is 0 Å². The Morgan fingerprint density at radius 2 is 1.76 bits per heavy atom. The molecular formula is C14H11BrClNO3S. The van der Waals surface area contributed by atoms with Crippen LogP contribution in [-0.2, 0) is 10.0 Å². The van der Waals surface area contributed by atoms with Crippen molar-refractivity contribution < 1.29 is 13.2 Å². The molecule has 0 unspecified atom stereocenters. The maximum atomic E-state index is 12.3. The van der Waals surface area contributed by atoms with E-state index in [0.29, 0.717) is 15.7 Å². The van der Waals surface area contributed by atoms with Gasteiger partial charge in [0.15, 0.2) is 5.78 Å². The Labute approximate surface area is 136 Å². The zero-order chi connectivity index (χ0) is 15.6. The van der Waals surface area contributed by atoms with E-state index >= 15 is 0 Å². The fourth-order valence-corrected chi connectivity index (χ4v) is 3.77. The van der Waals surface area contributed by atoms with E-state index < -0.39 is 10.0 Å². The molecule has 0 radical (unpaired) electrons. The Kier molecular flexibility index (Phi) is 4.70. The number of hydrogen-bond acceptors (Lipinski definition) is 3. The van der Waals surface area contributed by atoms with Gasteiger partial charge in [-0.05, 0) is 49.4 Å². The maximum absolute atomic E-state index is 12.3. The summed E-state index contributed by atoms with van der Waals surface area (Å²) in [5.41, 5.74) is 0.874. The maximum Gasteiger partial charge on any atom is 0.263 e.